The second-order valence-electron chi connectivity index (χ2n) is 7.48. The average Bonchev–Trinajstić information content (AvgIpc) is 3.49. The summed E-state index contributed by atoms with van der Waals surface area (Å²) in [6, 6.07) is 14.2. The van der Waals surface area contributed by atoms with Gasteiger partial charge in [-0.25, -0.2) is 9.50 Å². The van der Waals surface area contributed by atoms with E-state index in [1.165, 1.54) is 35.7 Å². The van der Waals surface area contributed by atoms with Crippen molar-refractivity contribution in [2.75, 3.05) is 0 Å². The van der Waals surface area contributed by atoms with Crippen molar-refractivity contribution < 1.29 is 22.8 Å². The molecule has 0 unspecified atom stereocenters. The average molecular weight is 640 g/mol. The highest BCUT2D eigenvalue weighted by Crippen LogP contribution is 2.45. The highest BCUT2D eigenvalue weighted by Gasteiger charge is 2.40. The molecule has 0 fully saturated rings. The van der Waals surface area contributed by atoms with Gasteiger partial charge in [0.2, 0.25) is 0 Å². The van der Waals surface area contributed by atoms with Crippen LogP contribution in [0.4, 0.5) is 18.9 Å². The molecule has 13 heteroatoms. The van der Waals surface area contributed by atoms with Crippen LogP contribution in [0.15, 0.2) is 75.1 Å². The quantitative estimate of drug-likeness (QED) is 0.121. The number of hydrogen-bond donors (Lipinski definition) is 1. The van der Waals surface area contributed by atoms with Crippen LogP contribution < -0.4 is 10.6 Å². The molecule has 0 radical (unpaired) electrons. The molecular formula is C23H13Br2F3N5O2S+. The van der Waals surface area contributed by atoms with Gasteiger partial charge in [-0.2, -0.15) is 24.1 Å². The van der Waals surface area contributed by atoms with Crippen LogP contribution in [0.3, 0.4) is 0 Å². The predicted octanol–water partition coefficient (Wildman–Crippen LogP) is 7.75. The van der Waals surface area contributed by atoms with Gasteiger partial charge in [-0.3, -0.25) is 0 Å². The van der Waals surface area contributed by atoms with Crippen LogP contribution in [0.5, 0.6) is 11.5 Å². The molecule has 0 saturated carbocycles. The molecular weight excluding hydrogens is 627 g/mol. The van der Waals surface area contributed by atoms with Crippen LogP contribution in [0.2, 0.25) is 0 Å². The summed E-state index contributed by atoms with van der Waals surface area (Å²) in [5.41, 5.74) is -1.32. The van der Waals surface area contributed by atoms with Gasteiger partial charge >= 0.3 is 6.18 Å². The van der Waals surface area contributed by atoms with E-state index in [0.29, 0.717) is 15.1 Å². The Morgan fingerprint density at radius 1 is 1.06 bits per heavy atom. The number of ether oxygens (including phenoxy) is 1. The van der Waals surface area contributed by atoms with Crippen LogP contribution in [0, 0.1) is 4.91 Å². The van der Waals surface area contributed by atoms with Crippen molar-refractivity contribution in [2.45, 2.75) is 6.18 Å². The fraction of sp³-hybridized carbons (Fsp3) is 0.0435. The second-order valence-corrected chi connectivity index (χ2v) is 10.2. The van der Waals surface area contributed by atoms with Crippen molar-refractivity contribution in [1.82, 2.24) is 14.6 Å². The van der Waals surface area contributed by atoms with Gasteiger partial charge in [-0.15, -0.1) is 11.3 Å². The Balaban J connectivity index is 1.83. The first kappa shape index (κ1) is 24.4. The van der Waals surface area contributed by atoms with E-state index in [2.05, 4.69) is 41.9 Å². The van der Waals surface area contributed by atoms with Crippen molar-refractivity contribution in [3.8, 4) is 33.2 Å². The summed E-state index contributed by atoms with van der Waals surface area (Å²) < 4.78 is 51.5. The maximum absolute atomic E-state index is 14.6. The number of benzene rings is 2. The summed E-state index contributed by atoms with van der Waals surface area (Å²) in [4.78, 5) is 17.1. The first-order valence-corrected chi connectivity index (χ1v) is 12.6. The number of rotatable bonds is 5. The Morgan fingerprint density at radius 3 is 2.44 bits per heavy atom. The second kappa shape index (κ2) is 9.30. The first-order valence-electron chi connectivity index (χ1n) is 10.1. The standard InChI is InChI=1S/C23H13Br2F3N5O2S/c24-13-3-5-15(6-4-13)35-16-9-12(8-14(10-16)33(29)34)19-20(18-2-1-7-36-18)31-22-17(25)11-30-32(22)21(19)23(26,27)28/h1-11H,(H2,29,34)/q+1. The van der Waals surface area contributed by atoms with E-state index in [9.17, 15) is 18.1 Å². The van der Waals surface area contributed by atoms with Gasteiger partial charge in [0.15, 0.2) is 16.2 Å². The van der Waals surface area contributed by atoms with E-state index in [0.717, 1.165) is 8.99 Å². The largest absolute Gasteiger partial charge is 0.457 e. The molecule has 0 aliphatic rings. The molecule has 3 heterocycles. The van der Waals surface area contributed by atoms with Crippen molar-refractivity contribution in [3.05, 3.63) is 85.7 Å². The lowest BCUT2D eigenvalue weighted by molar-refractivity contribution is -0.474. The molecule has 0 atom stereocenters. The van der Waals surface area contributed by atoms with Crippen LogP contribution in [-0.4, -0.2) is 19.5 Å². The van der Waals surface area contributed by atoms with Gasteiger partial charge in [0, 0.05) is 16.1 Å². The van der Waals surface area contributed by atoms with E-state index in [-0.39, 0.29) is 38.8 Å². The number of hydrazine groups is 1. The third-order valence-corrected chi connectivity index (χ3v) is 7.08. The molecule has 7 nitrogen and oxygen atoms in total. The molecule has 2 aromatic carbocycles. The topological polar surface area (TPSA) is 85.5 Å². The number of aromatic nitrogens is 3. The minimum atomic E-state index is -4.82. The molecule has 5 aromatic rings. The molecule has 0 spiro atoms. The maximum atomic E-state index is 14.6. The number of nitrogens with zero attached hydrogens (tertiary/aromatic N) is 4. The summed E-state index contributed by atoms with van der Waals surface area (Å²) in [7, 11) is 0. The monoisotopic (exact) mass is 638 g/mol. The van der Waals surface area contributed by atoms with E-state index in [4.69, 9.17) is 10.6 Å². The van der Waals surface area contributed by atoms with Crippen molar-refractivity contribution in [2.24, 2.45) is 5.84 Å². The van der Waals surface area contributed by atoms with Crippen molar-refractivity contribution in [1.29, 1.82) is 0 Å². The lowest BCUT2D eigenvalue weighted by Crippen LogP contribution is -2.17. The first-order chi connectivity index (χ1) is 17.1. The normalized spacial score (nSPS) is 11.7. The third-order valence-electron chi connectivity index (χ3n) is 5.11. The van der Waals surface area contributed by atoms with E-state index < -0.39 is 11.9 Å². The Morgan fingerprint density at radius 2 is 1.81 bits per heavy atom. The van der Waals surface area contributed by atoms with Gasteiger partial charge < -0.3 is 4.74 Å². The lowest BCUT2D eigenvalue weighted by Gasteiger charge is -2.18. The van der Waals surface area contributed by atoms with Crippen LogP contribution in [0.1, 0.15) is 5.69 Å². The zero-order valence-electron chi connectivity index (χ0n) is 17.8. The number of halogens is 5. The minimum absolute atomic E-state index is 0.00115. The number of hydrogen-bond acceptors (Lipinski definition) is 5. The summed E-state index contributed by atoms with van der Waals surface area (Å²) in [5.74, 6) is 5.98. The summed E-state index contributed by atoms with van der Waals surface area (Å²) in [5, 5.41) is 5.64. The zero-order valence-corrected chi connectivity index (χ0v) is 21.8. The molecule has 0 amide bonds. The SMILES string of the molecule is N[N+](=O)c1cc(Oc2ccc(Br)cc2)cc(-c2c(-c3cccs3)nc3c(Br)cnn3c2C(F)(F)F)c1. The smallest absolute Gasteiger partial charge is 0.434 e. The summed E-state index contributed by atoms with van der Waals surface area (Å²) in [6.07, 6.45) is -3.58. The number of nitrogens with two attached hydrogens (primary N) is 1. The van der Waals surface area contributed by atoms with Crippen LogP contribution in [0.25, 0.3) is 27.3 Å². The molecule has 0 aliphatic heterocycles. The van der Waals surface area contributed by atoms with Gasteiger partial charge in [0.05, 0.1) is 32.2 Å². The molecule has 36 heavy (non-hydrogen) atoms. The van der Waals surface area contributed by atoms with Crippen LogP contribution >= 0.6 is 43.2 Å². The van der Waals surface area contributed by atoms with E-state index in [1.807, 2.05) is 0 Å². The van der Waals surface area contributed by atoms with E-state index in [1.54, 1.807) is 41.8 Å². The molecule has 0 aliphatic carbocycles. The zero-order chi connectivity index (χ0) is 25.6. The summed E-state index contributed by atoms with van der Waals surface area (Å²) in [6.45, 7) is 0. The Kier molecular flexibility index (Phi) is 6.30. The van der Waals surface area contributed by atoms with Crippen molar-refractivity contribution in [3.63, 3.8) is 0 Å². The Hall–Kier alpha value is -3.29. The van der Waals surface area contributed by atoms with Gasteiger partial charge in [0.25, 0.3) is 5.69 Å². The minimum Gasteiger partial charge on any atom is -0.457 e. The Labute approximate surface area is 222 Å². The lowest BCUT2D eigenvalue weighted by atomic mass is 9.99. The van der Waals surface area contributed by atoms with Gasteiger partial charge in [0.1, 0.15) is 11.5 Å². The number of fused-ring (bicyclic) bond motifs is 1. The van der Waals surface area contributed by atoms with Gasteiger partial charge in [-0.1, -0.05) is 22.0 Å². The molecule has 2 N–H and O–H groups in total. The maximum Gasteiger partial charge on any atom is 0.434 e. The molecule has 3 aromatic heterocycles. The predicted molar refractivity (Wildman–Crippen MR) is 136 cm³/mol. The van der Waals surface area contributed by atoms with E-state index >= 15 is 0 Å². The molecule has 5 rings (SSSR count). The Bertz CT molecular complexity index is 1600. The fourth-order valence-corrected chi connectivity index (χ4v) is 4.98. The number of thiophene rings is 1. The van der Waals surface area contributed by atoms with Crippen molar-refractivity contribution >= 4 is 54.5 Å². The molecule has 0 bridgehead atoms. The highest BCUT2D eigenvalue weighted by molar-refractivity contribution is 9.11. The van der Waals surface area contributed by atoms with Crippen LogP contribution in [-0.2, 0) is 6.18 Å². The molecule has 182 valence electrons. The highest BCUT2D eigenvalue weighted by atomic mass is 79.9. The number of nitroso groups, excluding NO2 is 1. The van der Waals surface area contributed by atoms with Gasteiger partial charge in [-0.05, 0) is 63.3 Å². The summed E-state index contributed by atoms with van der Waals surface area (Å²) >= 11 is 7.80. The fourth-order valence-electron chi connectivity index (χ4n) is 3.65. The number of alkyl halides is 3. The third kappa shape index (κ3) is 4.61. The molecule has 0 saturated heterocycles.